The van der Waals surface area contributed by atoms with Crippen LogP contribution in [0.4, 0.5) is 0 Å². The largest absolute Gasteiger partial charge is 0.487 e. The summed E-state index contributed by atoms with van der Waals surface area (Å²) in [7, 11) is 0.0266. The van der Waals surface area contributed by atoms with Gasteiger partial charge in [-0.3, -0.25) is 9.67 Å². The van der Waals surface area contributed by atoms with Crippen LogP contribution in [-0.4, -0.2) is 44.8 Å². The van der Waals surface area contributed by atoms with E-state index in [1.165, 1.54) is 10.5 Å². The average molecular weight is 514 g/mol. The fourth-order valence-corrected chi connectivity index (χ4v) is 5.23. The van der Waals surface area contributed by atoms with Gasteiger partial charge in [0.15, 0.2) is 0 Å². The quantitative estimate of drug-likeness (QED) is 0.338. The molecule has 35 heavy (non-hydrogen) atoms. The van der Waals surface area contributed by atoms with Gasteiger partial charge in [-0.1, -0.05) is 23.7 Å². The van der Waals surface area contributed by atoms with E-state index < -0.39 is 15.3 Å². The molecule has 10 heteroatoms. The molecule has 0 atom stereocenters. The van der Waals surface area contributed by atoms with Crippen molar-refractivity contribution in [2.75, 3.05) is 7.05 Å². The minimum Gasteiger partial charge on any atom is -0.487 e. The topological polar surface area (TPSA) is 90.2 Å². The number of hydrogen-bond donors (Lipinski definition) is 0. The number of sulfonamides is 1. The fourth-order valence-electron chi connectivity index (χ4n) is 3.96. The summed E-state index contributed by atoms with van der Waals surface area (Å²) in [5, 5.41) is 5.13. The zero-order chi connectivity index (χ0) is 25.3. The van der Waals surface area contributed by atoms with Gasteiger partial charge in [-0.05, 0) is 44.5 Å². The van der Waals surface area contributed by atoms with E-state index in [4.69, 9.17) is 21.3 Å². The molecular formula is C25H28ClN5O3S. The number of aryl methyl sites for hydroxylation is 2. The van der Waals surface area contributed by atoms with Crippen LogP contribution in [0.25, 0.3) is 22.2 Å². The van der Waals surface area contributed by atoms with E-state index in [1.54, 1.807) is 33.3 Å². The standard InChI is InChI=1S/C25H28ClN5O3S/c1-16(2)35(32,33)30(4)14-18-12-27-13-22(26)21(18)15-34-24-8-6-7-19-20(11-17(3)29-25(19)24)23-9-10-28-31(23)5/h6-13,16H,14-15H2,1-5H3. The molecule has 3 aromatic heterocycles. The number of fused-ring (bicyclic) bond motifs is 1. The molecular weight excluding hydrogens is 486 g/mol. The highest BCUT2D eigenvalue weighted by Crippen LogP contribution is 2.34. The van der Waals surface area contributed by atoms with Crippen LogP contribution in [0, 0.1) is 6.92 Å². The predicted molar refractivity (Wildman–Crippen MR) is 138 cm³/mol. The molecule has 0 bridgehead atoms. The first-order valence-electron chi connectivity index (χ1n) is 11.2. The molecule has 0 aliphatic rings. The average Bonchev–Trinajstić information content (AvgIpc) is 3.23. The Kier molecular flexibility index (Phi) is 7.12. The molecule has 0 N–H and O–H groups in total. The molecule has 1 aromatic carbocycles. The lowest BCUT2D eigenvalue weighted by molar-refractivity contribution is 0.306. The van der Waals surface area contributed by atoms with Crippen LogP contribution in [0.15, 0.2) is 48.9 Å². The number of hydrogen-bond acceptors (Lipinski definition) is 6. The number of nitrogens with zero attached hydrogens (tertiary/aromatic N) is 5. The minimum absolute atomic E-state index is 0.141. The van der Waals surface area contributed by atoms with E-state index in [0.717, 1.165) is 27.9 Å². The van der Waals surface area contributed by atoms with Gasteiger partial charge < -0.3 is 4.74 Å². The van der Waals surface area contributed by atoms with Crippen LogP contribution in [-0.2, 0) is 30.2 Å². The van der Waals surface area contributed by atoms with E-state index in [1.807, 2.05) is 49.0 Å². The molecule has 0 radical (unpaired) electrons. The van der Waals surface area contributed by atoms with Gasteiger partial charge >= 0.3 is 0 Å². The second kappa shape index (κ2) is 9.93. The van der Waals surface area contributed by atoms with Crippen molar-refractivity contribution in [2.45, 2.75) is 39.2 Å². The first-order chi connectivity index (χ1) is 16.6. The number of ether oxygens (including phenoxy) is 1. The summed E-state index contributed by atoms with van der Waals surface area (Å²) in [6.07, 6.45) is 4.93. The van der Waals surface area contributed by atoms with E-state index in [2.05, 4.69) is 10.1 Å². The van der Waals surface area contributed by atoms with Gasteiger partial charge in [0.1, 0.15) is 17.9 Å². The highest BCUT2D eigenvalue weighted by Gasteiger charge is 2.24. The number of pyridine rings is 2. The van der Waals surface area contributed by atoms with Crippen molar-refractivity contribution in [3.05, 3.63) is 70.8 Å². The van der Waals surface area contributed by atoms with Gasteiger partial charge in [0, 0.05) is 61.4 Å². The maximum Gasteiger partial charge on any atom is 0.216 e. The lowest BCUT2D eigenvalue weighted by atomic mass is 10.0. The Bertz CT molecular complexity index is 1480. The molecule has 0 aliphatic heterocycles. The van der Waals surface area contributed by atoms with Crippen LogP contribution in [0.3, 0.4) is 0 Å². The Morgan fingerprint density at radius 2 is 1.97 bits per heavy atom. The Balaban J connectivity index is 1.68. The van der Waals surface area contributed by atoms with E-state index in [0.29, 0.717) is 21.9 Å². The second-order valence-electron chi connectivity index (χ2n) is 8.70. The van der Waals surface area contributed by atoms with E-state index >= 15 is 0 Å². The zero-order valence-electron chi connectivity index (χ0n) is 20.4. The normalized spacial score (nSPS) is 12.1. The summed E-state index contributed by atoms with van der Waals surface area (Å²) in [6, 6.07) is 9.80. The Hall–Kier alpha value is -3.01. The van der Waals surface area contributed by atoms with Crippen molar-refractivity contribution in [2.24, 2.45) is 7.05 Å². The molecule has 0 unspecified atom stereocenters. The minimum atomic E-state index is -3.43. The number of benzene rings is 1. The molecule has 0 saturated heterocycles. The summed E-state index contributed by atoms with van der Waals surface area (Å²) in [5.41, 5.74) is 4.95. The highest BCUT2D eigenvalue weighted by atomic mass is 35.5. The first kappa shape index (κ1) is 25.1. The molecule has 0 aliphatic carbocycles. The molecule has 184 valence electrons. The van der Waals surface area contributed by atoms with Crippen molar-refractivity contribution in [3.63, 3.8) is 0 Å². The Morgan fingerprint density at radius 1 is 1.20 bits per heavy atom. The summed E-state index contributed by atoms with van der Waals surface area (Å²) in [5.74, 6) is 0.608. The van der Waals surface area contributed by atoms with Crippen LogP contribution in [0.2, 0.25) is 5.02 Å². The number of halogens is 1. The third-order valence-electron chi connectivity index (χ3n) is 5.92. The molecule has 3 heterocycles. The van der Waals surface area contributed by atoms with Crippen molar-refractivity contribution >= 4 is 32.5 Å². The van der Waals surface area contributed by atoms with Crippen LogP contribution in [0.5, 0.6) is 5.75 Å². The molecule has 8 nitrogen and oxygen atoms in total. The van der Waals surface area contributed by atoms with E-state index in [-0.39, 0.29) is 13.2 Å². The Morgan fingerprint density at radius 3 is 2.66 bits per heavy atom. The number of aromatic nitrogens is 4. The van der Waals surface area contributed by atoms with Gasteiger partial charge in [0.2, 0.25) is 10.0 Å². The van der Waals surface area contributed by atoms with Gasteiger partial charge in [-0.2, -0.15) is 5.10 Å². The van der Waals surface area contributed by atoms with Crippen LogP contribution in [0.1, 0.15) is 30.7 Å². The molecule has 4 aromatic rings. The fraction of sp³-hybridized carbons (Fsp3) is 0.320. The summed E-state index contributed by atoms with van der Waals surface area (Å²) >= 11 is 6.47. The Labute approximate surface area is 210 Å². The SMILES string of the molecule is Cc1cc(-c2ccnn2C)c2cccc(OCc3c(Cl)cncc3CN(C)S(=O)(=O)C(C)C)c2n1. The summed E-state index contributed by atoms with van der Waals surface area (Å²) in [6.45, 7) is 5.54. The maximum absolute atomic E-state index is 12.6. The molecule has 0 spiro atoms. The van der Waals surface area contributed by atoms with Gasteiger partial charge in [0.25, 0.3) is 0 Å². The van der Waals surface area contributed by atoms with Crippen molar-refractivity contribution in [1.29, 1.82) is 0 Å². The van der Waals surface area contributed by atoms with Gasteiger partial charge in [-0.25, -0.2) is 17.7 Å². The highest BCUT2D eigenvalue weighted by molar-refractivity contribution is 7.89. The van der Waals surface area contributed by atoms with Crippen molar-refractivity contribution < 1.29 is 13.2 Å². The van der Waals surface area contributed by atoms with Crippen molar-refractivity contribution in [3.8, 4) is 17.0 Å². The first-order valence-corrected chi connectivity index (χ1v) is 13.1. The third-order valence-corrected chi connectivity index (χ3v) is 8.43. The van der Waals surface area contributed by atoms with Gasteiger partial charge in [0.05, 0.1) is 16.0 Å². The van der Waals surface area contributed by atoms with E-state index in [9.17, 15) is 8.42 Å². The van der Waals surface area contributed by atoms with Crippen LogP contribution >= 0.6 is 11.6 Å². The maximum atomic E-state index is 12.6. The predicted octanol–water partition coefficient (Wildman–Crippen LogP) is 4.74. The van der Waals surface area contributed by atoms with Crippen LogP contribution < -0.4 is 4.74 Å². The van der Waals surface area contributed by atoms with Crippen molar-refractivity contribution in [1.82, 2.24) is 24.1 Å². The molecule has 4 rings (SSSR count). The lowest BCUT2D eigenvalue weighted by Crippen LogP contribution is -2.33. The summed E-state index contributed by atoms with van der Waals surface area (Å²) < 4.78 is 34.5. The lowest BCUT2D eigenvalue weighted by Gasteiger charge is -2.21. The molecule has 0 saturated carbocycles. The molecule has 0 amide bonds. The number of para-hydroxylation sites is 1. The molecule has 0 fully saturated rings. The third kappa shape index (κ3) is 5.03. The van der Waals surface area contributed by atoms with Gasteiger partial charge in [-0.15, -0.1) is 0 Å². The number of rotatable bonds is 8. The smallest absolute Gasteiger partial charge is 0.216 e. The second-order valence-corrected chi connectivity index (χ2v) is 11.7. The zero-order valence-corrected chi connectivity index (χ0v) is 21.9. The monoisotopic (exact) mass is 513 g/mol. The summed E-state index contributed by atoms with van der Waals surface area (Å²) in [4.78, 5) is 8.91.